The van der Waals surface area contributed by atoms with Gasteiger partial charge in [-0.2, -0.15) is 0 Å². The molecule has 5 nitrogen and oxygen atoms in total. The van der Waals surface area contributed by atoms with E-state index in [1.165, 1.54) is 12.8 Å². The summed E-state index contributed by atoms with van der Waals surface area (Å²) in [5, 5.41) is 12.5. The van der Waals surface area contributed by atoms with Gasteiger partial charge in [-0.25, -0.2) is 0 Å². The summed E-state index contributed by atoms with van der Waals surface area (Å²) in [4.78, 5) is 12.1. The summed E-state index contributed by atoms with van der Waals surface area (Å²) >= 11 is 0. The maximum absolute atomic E-state index is 12.1. The van der Waals surface area contributed by atoms with E-state index in [-0.39, 0.29) is 12.5 Å². The molecule has 0 saturated heterocycles. The molecule has 2 aliphatic carbocycles. The first-order chi connectivity index (χ1) is 9.74. The predicted molar refractivity (Wildman–Crippen MR) is 74.6 cm³/mol. The molecule has 2 fully saturated rings. The molecule has 1 aromatic rings. The van der Waals surface area contributed by atoms with Crippen molar-refractivity contribution >= 4 is 5.91 Å². The van der Waals surface area contributed by atoms with Crippen molar-refractivity contribution in [1.82, 2.24) is 9.88 Å². The SMILES string of the molecule is O=C(NCC(O)COCC1CC1)c1cccn1C1CC1. The highest BCUT2D eigenvalue weighted by molar-refractivity contribution is 5.92. The molecule has 5 heteroatoms. The molecule has 2 saturated carbocycles. The fourth-order valence-corrected chi connectivity index (χ4v) is 2.27. The average Bonchev–Trinajstić information content (AvgIpc) is 3.37. The van der Waals surface area contributed by atoms with Crippen LogP contribution in [-0.2, 0) is 4.74 Å². The number of hydrogen-bond acceptors (Lipinski definition) is 3. The van der Waals surface area contributed by atoms with Crippen molar-refractivity contribution in [1.29, 1.82) is 0 Å². The second-order valence-electron chi connectivity index (χ2n) is 5.88. The van der Waals surface area contributed by atoms with Crippen molar-refractivity contribution < 1.29 is 14.6 Å². The van der Waals surface area contributed by atoms with Crippen LogP contribution < -0.4 is 5.32 Å². The van der Waals surface area contributed by atoms with E-state index in [0.29, 0.717) is 24.3 Å². The summed E-state index contributed by atoms with van der Waals surface area (Å²) in [6.45, 7) is 1.26. The summed E-state index contributed by atoms with van der Waals surface area (Å²) in [5.41, 5.74) is 0.679. The Hall–Kier alpha value is -1.33. The van der Waals surface area contributed by atoms with Gasteiger partial charge < -0.3 is 19.7 Å². The van der Waals surface area contributed by atoms with Crippen LogP contribution in [0, 0.1) is 5.92 Å². The molecule has 1 atom stereocenters. The van der Waals surface area contributed by atoms with Crippen molar-refractivity contribution in [3.63, 3.8) is 0 Å². The molecule has 110 valence electrons. The van der Waals surface area contributed by atoms with Crippen LogP contribution >= 0.6 is 0 Å². The van der Waals surface area contributed by atoms with Gasteiger partial charge in [-0.3, -0.25) is 4.79 Å². The van der Waals surface area contributed by atoms with Gasteiger partial charge in [0, 0.05) is 25.4 Å². The maximum Gasteiger partial charge on any atom is 0.268 e. The van der Waals surface area contributed by atoms with Crippen molar-refractivity contribution in [3.8, 4) is 0 Å². The van der Waals surface area contributed by atoms with Crippen molar-refractivity contribution in [2.75, 3.05) is 19.8 Å². The summed E-state index contributed by atoms with van der Waals surface area (Å²) in [5.74, 6) is 0.571. The number of rotatable bonds is 8. The first kappa shape index (κ1) is 13.6. The number of aliphatic hydroxyl groups excluding tert-OH is 1. The third-order valence-electron chi connectivity index (χ3n) is 3.81. The van der Waals surface area contributed by atoms with E-state index in [9.17, 15) is 9.90 Å². The number of nitrogens with one attached hydrogen (secondary N) is 1. The molecule has 2 aliphatic rings. The Balaban J connectivity index is 1.40. The zero-order valence-corrected chi connectivity index (χ0v) is 11.6. The van der Waals surface area contributed by atoms with Gasteiger partial charge in [0.05, 0.1) is 12.7 Å². The first-order valence-electron chi connectivity index (χ1n) is 7.45. The van der Waals surface area contributed by atoms with Crippen LogP contribution in [0.25, 0.3) is 0 Å². The van der Waals surface area contributed by atoms with Gasteiger partial charge in [0.2, 0.25) is 0 Å². The van der Waals surface area contributed by atoms with Crippen molar-refractivity contribution in [2.24, 2.45) is 5.92 Å². The van der Waals surface area contributed by atoms with E-state index in [0.717, 1.165) is 19.4 Å². The van der Waals surface area contributed by atoms with Gasteiger partial charge in [-0.05, 0) is 43.7 Å². The molecule has 1 heterocycles. The molecule has 1 amide bonds. The molecular weight excluding hydrogens is 256 g/mol. The van der Waals surface area contributed by atoms with E-state index in [1.807, 2.05) is 22.9 Å². The quantitative estimate of drug-likeness (QED) is 0.754. The van der Waals surface area contributed by atoms with Crippen LogP contribution in [0.2, 0.25) is 0 Å². The van der Waals surface area contributed by atoms with Crippen molar-refractivity contribution in [2.45, 2.75) is 37.8 Å². The standard InChI is InChI=1S/C15H22N2O3/c18-13(10-20-9-11-3-4-11)8-16-15(19)14-2-1-7-17(14)12-5-6-12/h1-2,7,11-13,18H,3-6,8-10H2,(H,16,19). The van der Waals surface area contributed by atoms with Gasteiger partial charge in [0.25, 0.3) is 5.91 Å². The first-order valence-corrected chi connectivity index (χ1v) is 7.45. The highest BCUT2D eigenvalue weighted by Gasteiger charge is 2.26. The highest BCUT2D eigenvalue weighted by Crippen LogP contribution is 2.35. The Kier molecular flexibility index (Phi) is 4.08. The lowest BCUT2D eigenvalue weighted by molar-refractivity contribution is 0.0320. The number of carbonyl (C=O) groups is 1. The predicted octanol–water partition coefficient (Wildman–Crippen LogP) is 1.34. The lowest BCUT2D eigenvalue weighted by Crippen LogP contribution is -2.35. The van der Waals surface area contributed by atoms with Gasteiger partial charge in [0.1, 0.15) is 5.69 Å². The second kappa shape index (κ2) is 5.97. The topological polar surface area (TPSA) is 63.5 Å². The summed E-state index contributed by atoms with van der Waals surface area (Å²) in [6, 6.07) is 4.20. The van der Waals surface area contributed by atoms with E-state index in [1.54, 1.807) is 0 Å². The number of carbonyl (C=O) groups excluding carboxylic acids is 1. The molecular formula is C15H22N2O3. The Morgan fingerprint density at radius 3 is 2.95 bits per heavy atom. The number of aromatic nitrogens is 1. The van der Waals surface area contributed by atoms with Crippen LogP contribution in [0.15, 0.2) is 18.3 Å². The Morgan fingerprint density at radius 2 is 2.25 bits per heavy atom. The average molecular weight is 278 g/mol. The number of nitrogens with zero attached hydrogens (tertiary/aromatic N) is 1. The third-order valence-corrected chi connectivity index (χ3v) is 3.81. The van der Waals surface area contributed by atoms with E-state index < -0.39 is 6.10 Å². The molecule has 0 radical (unpaired) electrons. The summed E-state index contributed by atoms with van der Waals surface area (Å²) < 4.78 is 7.43. The van der Waals surface area contributed by atoms with Crippen molar-refractivity contribution in [3.05, 3.63) is 24.0 Å². The molecule has 2 N–H and O–H groups in total. The minimum Gasteiger partial charge on any atom is -0.389 e. The van der Waals surface area contributed by atoms with E-state index in [4.69, 9.17) is 4.74 Å². The summed E-state index contributed by atoms with van der Waals surface area (Å²) in [6.07, 6.45) is 6.08. The Labute approximate surface area is 118 Å². The molecule has 3 rings (SSSR count). The van der Waals surface area contributed by atoms with Gasteiger partial charge in [-0.15, -0.1) is 0 Å². The number of aliphatic hydroxyl groups is 1. The van der Waals surface area contributed by atoms with Gasteiger partial charge in [-0.1, -0.05) is 0 Å². The van der Waals surface area contributed by atoms with Crippen LogP contribution in [0.3, 0.4) is 0 Å². The zero-order valence-electron chi connectivity index (χ0n) is 11.6. The normalized spacial score (nSPS) is 19.9. The Bertz CT molecular complexity index is 463. The second-order valence-corrected chi connectivity index (χ2v) is 5.88. The fraction of sp³-hybridized carbons (Fsp3) is 0.667. The number of hydrogen-bond donors (Lipinski definition) is 2. The third kappa shape index (κ3) is 3.61. The van der Waals surface area contributed by atoms with E-state index in [2.05, 4.69) is 5.32 Å². The lowest BCUT2D eigenvalue weighted by Gasteiger charge is -2.13. The van der Waals surface area contributed by atoms with Gasteiger partial charge >= 0.3 is 0 Å². The van der Waals surface area contributed by atoms with Crippen LogP contribution in [0.1, 0.15) is 42.2 Å². The lowest BCUT2D eigenvalue weighted by atomic mass is 10.3. The molecule has 1 aromatic heterocycles. The maximum atomic E-state index is 12.1. The monoisotopic (exact) mass is 278 g/mol. The minimum atomic E-state index is -0.637. The summed E-state index contributed by atoms with van der Waals surface area (Å²) in [7, 11) is 0. The number of ether oxygens (including phenoxy) is 1. The molecule has 1 unspecified atom stereocenters. The molecule has 20 heavy (non-hydrogen) atoms. The zero-order chi connectivity index (χ0) is 13.9. The van der Waals surface area contributed by atoms with Crippen LogP contribution in [0.4, 0.5) is 0 Å². The molecule has 0 spiro atoms. The highest BCUT2D eigenvalue weighted by atomic mass is 16.5. The smallest absolute Gasteiger partial charge is 0.268 e. The largest absolute Gasteiger partial charge is 0.389 e. The molecule has 0 aliphatic heterocycles. The Morgan fingerprint density at radius 1 is 1.45 bits per heavy atom. The molecule has 0 aromatic carbocycles. The van der Waals surface area contributed by atoms with Crippen LogP contribution in [-0.4, -0.2) is 41.4 Å². The number of amides is 1. The van der Waals surface area contributed by atoms with E-state index >= 15 is 0 Å². The fourth-order valence-electron chi connectivity index (χ4n) is 2.27. The van der Waals surface area contributed by atoms with Gasteiger partial charge in [0.15, 0.2) is 0 Å². The molecule has 0 bridgehead atoms. The van der Waals surface area contributed by atoms with Crippen LogP contribution in [0.5, 0.6) is 0 Å². The minimum absolute atomic E-state index is 0.122.